The van der Waals surface area contributed by atoms with Crippen molar-refractivity contribution in [3.05, 3.63) is 29.3 Å². The molecule has 6 heteroatoms. The van der Waals surface area contributed by atoms with Crippen molar-refractivity contribution in [1.82, 2.24) is 14.8 Å². The number of nitrogens with zero attached hydrogens (tertiary/aromatic N) is 2. The molecule has 0 amide bonds. The van der Waals surface area contributed by atoms with Crippen LogP contribution in [-0.2, 0) is 23.0 Å². The van der Waals surface area contributed by atoms with Crippen molar-refractivity contribution in [2.24, 2.45) is 13.0 Å². The number of carbonyl (C=O) groups excluding carboxylic acids is 1. The summed E-state index contributed by atoms with van der Waals surface area (Å²) in [5, 5.41) is 6.25. The number of esters is 1. The quantitative estimate of drug-likeness (QED) is 0.575. The first-order chi connectivity index (χ1) is 15.1. The molecule has 1 aromatic heterocycles. The predicted molar refractivity (Wildman–Crippen MR) is 127 cm³/mol. The van der Waals surface area contributed by atoms with Crippen molar-refractivity contribution in [2.75, 3.05) is 33.0 Å². The fraction of sp³-hybridized carbons (Fsp3) is 0.640. The summed E-state index contributed by atoms with van der Waals surface area (Å²) in [4.78, 5) is 15.2. The molecule has 2 saturated heterocycles. The highest BCUT2D eigenvalue weighted by Crippen LogP contribution is 2.47. The van der Waals surface area contributed by atoms with Gasteiger partial charge >= 0.3 is 5.97 Å². The molecule has 2 unspecified atom stereocenters. The molecule has 1 aliphatic carbocycles. The number of hydrogen-bond acceptors (Lipinski definition) is 5. The number of hydrogen-bond donors (Lipinski definition) is 1. The molecule has 4 atom stereocenters. The Kier molecular flexibility index (Phi) is 6.06. The van der Waals surface area contributed by atoms with Gasteiger partial charge in [-0.05, 0) is 62.7 Å². The van der Waals surface area contributed by atoms with Crippen molar-refractivity contribution in [2.45, 2.75) is 61.6 Å². The molecule has 2 aliphatic heterocycles. The lowest BCUT2D eigenvalue weighted by Crippen LogP contribution is -2.49. The topological polar surface area (TPSA) is 46.5 Å². The van der Waals surface area contributed by atoms with E-state index in [0.717, 1.165) is 45.2 Å². The van der Waals surface area contributed by atoms with Gasteiger partial charge in [-0.1, -0.05) is 25.0 Å². The largest absolute Gasteiger partial charge is 0.464 e. The van der Waals surface area contributed by atoms with Crippen molar-refractivity contribution in [3.8, 4) is 0 Å². The van der Waals surface area contributed by atoms with Crippen LogP contribution in [0.2, 0.25) is 0 Å². The van der Waals surface area contributed by atoms with Crippen LogP contribution in [0, 0.1) is 5.92 Å². The number of carbonyl (C=O) groups is 1. The number of fused-ring (bicyclic) bond motifs is 2. The average molecular weight is 442 g/mol. The highest BCUT2D eigenvalue weighted by molar-refractivity contribution is 7.98. The van der Waals surface area contributed by atoms with Gasteiger partial charge < -0.3 is 19.5 Å². The molecule has 31 heavy (non-hydrogen) atoms. The molecule has 168 valence electrons. The number of likely N-dealkylation sites (N-methyl/N-ethyl adjacent to an activating group) is 1. The molecular weight excluding hydrogens is 406 g/mol. The van der Waals surface area contributed by atoms with Crippen LogP contribution in [0.25, 0.3) is 10.9 Å². The minimum Gasteiger partial charge on any atom is -0.464 e. The minimum absolute atomic E-state index is 0.0487. The first kappa shape index (κ1) is 21.4. The Bertz CT molecular complexity index is 963. The predicted octanol–water partition coefficient (Wildman–Crippen LogP) is 3.94. The molecule has 1 aromatic carbocycles. The van der Waals surface area contributed by atoms with Crippen LogP contribution in [0.5, 0.6) is 0 Å². The summed E-state index contributed by atoms with van der Waals surface area (Å²) >= 11 is 1.86. The summed E-state index contributed by atoms with van der Waals surface area (Å²) < 4.78 is 8.22. The second-order valence-electron chi connectivity index (χ2n) is 9.69. The molecule has 3 aliphatic rings. The van der Waals surface area contributed by atoms with Crippen LogP contribution in [0.1, 0.15) is 49.1 Å². The number of piperidine rings is 1. The van der Waals surface area contributed by atoms with Crippen LogP contribution in [0.4, 0.5) is 0 Å². The minimum atomic E-state index is -0.114. The van der Waals surface area contributed by atoms with E-state index in [0.29, 0.717) is 24.5 Å². The molecule has 2 aromatic rings. The Balaban J connectivity index is 1.34. The van der Waals surface area contributed by atoms with E-state index >= 15 is 0 Å². The molecule has 0 radical (unpaired) electrons. The Morgan fingerprint density at radius 2 is 2.13 bits per heavy atom. The molecule has 5 rings (SSSR count). The van der Waals surface area contributed by atoms with E-state index in [2.05, 4.69) is 53.3 Å². The lowest BCUT2D eigenvalue weighted by molar-refractivity contribution is -0.148. The van der Waals surface area contributed by atoms with Gasteiger partial charge in [0.25, 0.3) is 0 Å². The summed E-state index contributed by atoms with van der Waals surface area (Å²) in [5.41, 5.74) is 4.37. The maximum Gasteiger partial charge on any atom is 0.323 e. The maximum absolute atomic E-state index is 12.6. The standard InChI is InChI=1S/C25H35N3O2S/c1-27-14-16(15-30-25(29)20-9-5-4-6-11-26-20)12-18-17-8-7-10-21-23(17)19(13-22(18)27)24(31-3)28(21)2/h7-8,10,16,18,20,22,26H,4-6,9,11-15H2,1-3H3/t16-,18?,20?,22-/m1/s1. The molecule has 1 N–H and O–H groups in total. The summed E-state index contributed by atoms with van der Waals surface area (Å²) in [5.74, 6) is 0.848. The normalized spacial score (nSPS) is 28.9. The first-order valence-corrected chi connectivity index (χ1v) is 13.1. The highest BCUT2D eigenvalue weighted by atomic mass is 32.2. The SMILES string of the molecule is CSc1c2c3c(cccc3n1C)C1C[C@@H](COC(=O)C3CCCCCN3)CN(C)[C@@H]1C2. The van der Waals surface area contributed by atoms with Crippen molar-refractivity contribution in [1.29, 1.82) is 0 Å². The lowest BCUT2D eigenvalue weighted by atomic mass is 9.72. The smallest absolute Gasteiger partial charge is 0.323 e. The van der Waals surface area contributed by atoms with E-state index in [-0.39, 0.29) is 12.0 Å². The van der Waals surface area contributed by atoms with Crippen LogP contribution < -0.4 is 5.32 Å². The van der Waals surface area contributed by atoms with Gasteiger partial charge in [-0.25, -0.2) is 0 Å². The summed E-state index contributed by atoms with van der Waals surface area (Å²) in [6.07, 6.45) is 8.79. The maximum atomic E-state index is 12.6. The second kappa shape index (κ2) is 8.80. The Labute approximate surface area is 189 Å². The Morgan fingerprint density at radius 3 is 2.97 bits per heavy atom. The zero-order chi connectivity index (χ0) is 21.5. The van der Waals surface area contributed by atoms with E-state index in [1.54, 1.807) is 0 Å². The van der Waals surface area contributed by atoms with E-state index in [9.17, 15) is 4.79 Å². The second-order valence-corrected chi connectivity index (χ2v) is 10.5. The van der Waals surface area contributed by atoms with Gasteiger partial charge in [0.2, 0.25) is 0 Å². The van der Waals surface area contributed by atoms with E-state index in [1.807, 2.05) is 11.8 Å². The molecule has 5 nitrogen and oxygen atoms in total. The first-order valence-electron chi connectivity index (χ1n) is 11.8. The molecular formula is C25H35N3O2S. The third-order valence-corrected chi connectivity index (χ3v) is 8.68. The van der Waals surface area contributed by atoms with Gasteiger partial charge in [0.1, 0.15) is 6.04 Å². The molecule has 0 spiro atoms. The van der Waals surface area contributed by atoms with Crippen molar-refractivity contribution in [3.63, 3.8) is 0 Å². The number of aromatic nitrogens is 1. The van der Waals surface area contributed by atoms with Crippen LogP contribution in [0.3, 0.4) is 0 Å². The zero-order valence-electron chi connectivity index (χ0n) is 19.0. The summed E-state index contributed by atoms with van der Waals surface area (Å²) in [7, 11) is 4.45. The molecule has 2 fully saturated rings. The van der Waals surface area contributed by atoms with Gasteiger partial charge in [-0.15, -0.1) is 11.8 Å². The number of likely N-dealkylation sites (tertiary alicyclic amines) is 1. The lowest BCUT2D eigenvalue weighted by Gasteiger charge is -2.45. The average Bonchev–Trinajstić information content (AvgIpc) is 2.94. The molecule has 3 heterocycles. The molecule has 0 bridgehead atoms. The van der Waals surface area contributed by atoms with Crippen molar-refractivity contribution < 1.29 is 9.53 Å². The van der Waals surface area contributed by atoms with Crippen LogP contribution >= 0.6 is 11.8 Å². The number of thioether (sulfide) groups is 1. The number of rotatable bonds is 4. The van der Waals surface area contributed by atoms with E-state index in [1.165, 1.54) is 33.5 Å². The van der Waals surface area contributed by atoms with E-state index in [4.69, 9.17) is 4.74 Å². The third kappa shape index (κ3) is 3.81. The van der Waals surface area contributed by atoms with Crippen molar-refractivity contribution >= 4 is 28.6 Å². The zero-order valence-corrected chi connectivity index (χ0v) is 19.8. The van der Waals surface area contributed by atoms with Gasteiger partial charge in [-0.2, -0.15) is 0 Å². The Morgan fingerprint density at radius 1 is 1.26 bits per heavy atom. The highest BCUT2D eigenvalue weighted by Gasteiger charge is 2.41. The fourth-order valence-electron chi connectivity index (χ4n) is 6.28. The molecule has 0 saturated carbocycles. The Hall–Kier alpha value is -1.50. The number of ether oxygens (including phenoxy) is 1. The number of aryl methyl sites for hydroxylation is 1. The summed E-state index contributed by atoms with van der Waals surface area (Å²) in [6, 6.07) is 7.23. The number of nitrogens with one attached hydrogen (secondary N) is 1. The van der Waals surface area contributed by atoms with Gasteiger partial charge in [0, 0.05) is 42.4 Å². The third-order valence-electron chi connectivity index (χ3n) is 7.78. The van der Waals surface area contributed by atoms with E-state index < -0.39 is 0 Å². The van der Waals surface area contributed by atoms with Gasteiger partial charge in [-0.3, -0.25) is 4.79 Å². The fourth-order valence-corrected chi connectivity index (χ4v) is 7.08. The van der Waals surface area contributed by atoms with Gasteiger partial charge in [0.15, 0.2) is 0 Å². The number of benzene rings is 1. The van der Waals surface area contributed by atoms with Gasteiger partial charge in [0.05, 0.1) is 11.6 Å². The van der Waals surface area contributed by atoms with Crippen LogP contribution in [-0.4, -0.2) is 60.5 Å². The summed E-state index contributed by atoms with van der Waals surface area (Å²) in [6.45, 7) is 2.47. The van der Waals surface area contributed by atoms with Crippen LogP contribution in [0.15, 0.2) is 23.2 Å². The monoisotopic (exact) mass is 441 g/mol.